The Labute approximate surface area is 104 Å². The van der Waals surface area contributed by atoms with Gasteiger partial charge in [-0.25, -0.2) is 8.78 Å². The number of halogens is 4. The van der Waals surface area contributed by atoms with Crippen molar-refractivity contribution in [1.29, 1.82) is 0 Å². The lowest BCUT2D eigenvalue weighted by Gasteiger charge is -2.20. The number of benzene rings is 1. The topological polar surface area (TPSA) is 3.24 Å². The molecule has 2 rings (SSSR count). The van der Waals surface area contributed by atoms with E-state index in [4.69, 9.17) is 0 Å². The average Bonchev–Trinajstić information content (AvgIpc) is 2.73. The molecule has 0 aromatic heterocycles. The molecule has 1 nitrogen and oxygen atoms in total. The summed E-state index contributed by atoms with van der Waals surface area (Å²) in [6, 6.07) is 1.36. The van der Waals surface area contributed by atoms with E-state index in [1.165, 1.54) is 6.07 Å². The van der Waals surface area contributed by atoms with Crippen LogP contribution in [0.1, 0.15) is 12.8 Å². The molecule has 1 fully saturated rings. The molecule has 0 atom stereocenters. The minimum absolute atomic E-state index is 0.114. The summed E-state index contributed by atoms with van der Waals surface area (Å²) < 4.78 is 27.1. The smallest absolute Gasteiger partial charge is 0.156 e. The Kier molecular flexibility index (Phi) is 3.30. The molecule has 0 unspecified atom stereocenters. The summed E-state index contributed by atoms with van der Waals surface area (Å²) in [4.78, 5) is 1.99. The van der Waals surface area contributed by atoms with Gasteiger partial charge < -0.3 is 4.90 Å². The minimum atomic E-state index is -0.572. The number of hydrogen-bond acceptors (Lipinski definition) is 1. The van der Waals surface area contributed by atoms with E-state index in [2.05, 4.69) is 31.9 Å². The lowest BCUT2D eigenvalue weighted by atomic mass is 10.3. The quantitative estimate of drug-likeness (QED) is 0.549. The second kappa shape index (κ2) is 4.37. The standard InChI is InChI=1S/C10H9Br2F2N/c11-8-6(13)5-7(9(12)10(8)14)15-3-1-2-4-15/h5H,1-4H2. The van der Waals surface area contributed by atoms with Crippen LogP contribution in [0.25, 0.3) is 0 Å². The maximum Gasteiger partial charge on any atom is 0.156 e. The van der Waals surface area contributed by atoms with Gasteiger partial charge >= 0.3 is 0 Å². The van der Waals surface area contributed by atoms with E-state index in [9.17, 15) is 8.78 Å². The third kappa shape index (κ3) is 2.04. The van der Waals surface area contributed by atoms with Crippen molar-refractivity contribution < 1.29 is 8.78 Å². The van der Waals surface area contributed by atoms with Gasteiger partial charge in [-0.3, -0.25) is 0 Å². The maximum atomic E-state index is 13.5. The van der Waals surface area contributed by atoms with Crippen LogP contribution in [0.5, 0.6) is 0 Å². The molecule has 0 spiro atoms. The highest BCUT2D eigenvalue weighted by molar-refractivity contribution is 9.11. The number of rotatable bonds is 1. The first-order valence-corrected chi connectivity index (χ1v) is 6.28. The van der Waals surface area contributed by atoms with Crippen molar-refractivity contribution >= 4 is 37.5 Å². The third-order valence-corrected chi connectivity index (χ3v) is 4.01. The van der Waals surface area contributed by atoms with Gasteiger partial charge in [0.1, 0.15) is 5.82 Å². The zero-order valence-corrected chi connectivity index (χ0v) is 11.0. The molecule has 15 heavy (non-hydrogen) atoms. The molecule has 0 N–H and O–H groups in total. The Morgan fingerprint density at radius 2 is 1.67 bits per heavy atom. The van der Waals surface area contributed by atoms with Gasteiger partial charge in [-0.15, -0.1) is 0 Å². The molecule has 5 heteroatoms. The summed E-state index contributed by atoms with van der Waals surface area (Å²) in [6.45, 7) is 1.72. The van der Waals surface area contributed by atoms with Gasteiger partial charge in [0, 0.05) is 13.1 Å². The molecule has 1 aromatic carbocycles. The predicted octanol–water partition coefficient (Wildman–Crippen LogP) is 4.09. The lowest BCUT2D eigenvalue weighted by molar-refractivity contribution is 0.567. The largest absolute Gasteiger partial charge is 0.370 e. The molecule has 0 bridgehead atoms. The van der Waals surface area contributed by atoms with Crippen LogP contribution in [0.15, 0.2) is 15.0 Å². The molecule has 0 aliphatic carbocycles. The summed E-state index contributed by atoms with van der Waals surface area (Å²) in [6.07, 6.45) is 2.15. The third-order valence-electron chi connectivity index (χ3n) is 2.53. The summed E-state index contributed by atoms with van der Waals surface area (Å²) in [5, 5.41) is 0. The molecule has 1 saturated heterocycles. The van der Waals surface area contributed by atoms with E-state index >= 15 is 0 Å². The molecule has 1 aromatic rings. The molecule has 0 amide bonds. The fourth-order valence-corrected chi connectivity index (χ4v) is 2.89. The van der Waals surface area contributed by atoms with Crippen LogP contribution in [0, 0.1) is 11.6 Å². The van der Waals surface area contributed by atoms with Crippen LogP contribution in [0.3, 0.4) is 0 Å². The molecule has 1 aliphatic heterocycles. The summed E-state index contributed by atoms with van der Waals surface area (Å²) in [5.41, 5.74) is 0.602. The van der Waals surface area contributed by atoms with E-state index < -0.39 is 11.6 Å². The molecule has 0 saturated carbocycles. The van der Waals surface area contributed by atoms with Crippen molar-refractivity contribution in [3.8, 4) is 0 Å². The van der Waals surface area contributed by atoms with Gasteiger partial charge in [0.25, 0.3) is 0 Å². The van der Waals surface area contributed by atoms with Crippen LogP contribution in [-0.2, 0) is 0 Å². The van der Waals surface area contributed by atoms with Gasteiger partial charge in [0.2, 0.25) is 0 Å². The van der Waals surface area contributed by atoms with Crippen LogP contribution >= 0.6 is 31.9 Å². The number of hydrogen-bond donors (Lipinski definition) is 0. The van der Waals surface area contributed by atoms with Crippen molar-refractivity contribution in [2.75, 3.05) is 18.0 Å². The highest BCUT2D eigenvalue weighted by atomic mass is 79.9. The Balaban J connectivity index is 2.47. The fraction of sp³-hybridized carbons (Fsp3) is 0.400. The summed E-state index contributed by atoms with van der Waals surface area (Å²) in [5.74, 6) is -1.13. The Morgan fingerprint density at radius 1 is 1.07 bits per heavy atom. The first-order valence-electron chi connectivity index (χ1n) is 4.69. The Bertz CT molecular complexity index is 389. The zero-order chi connectivity index (χ0) is 11.0. The first-order chi connectivity index (χ1) is 7.11. The molecule has 1 heterocycles. The van der Waals surface area contributed by atoms with Crippen LogP contribution in [0.2, 0.25) is 0 Å². The maximum absolute atomic E-state index is 13.5. The van der Waals surface area contributed by atoms with Crippen LogP contribution < -0.4 is 4.90 Å². The van der Waals surface area contributed by atoms with Crippen LogP contribution in [0.4, 0.5) is 14.5 Å². The van der Waals surface area contributed by atoms with Crippen molar-refractivity contribution in [3.05, 3.63) is 26.6 Å². The molecule has 0 radical (unpaired) electrons. The SMILES string of the molecule is Fc1cc(N2CCCC2)c(Br)c(F)c1Br. The normalized spacial score (nSPS) is 16.1. The highest BCUT2D eigenvalue weighted by Gasteiger charge is 2.21. The first kappa shape index (κ1) is 11.3. The summed E-state index contributed by atoms with van der Waals surface area (Å²) in [7, 11) is 0. The van der Waals surface area contributed by atoms with Crippen molar-refractivity contribution in [1.82, 2.24) is 0 Å². The fourth-order valence-electron chi connectivity index (χ4n) is 1.75. The Morgan fingerprint density at radius 3 is 2.27 bits per heavy atom. The average molecular weight is 341 g/mol. The molecular formula is C10H9Br2F2N. The second-order valence-electron chi connectivity index (χ2n) is 3.51. The van der Waals surface area contributed by atoms with E-state index in [1.807, 2.05) is 4.90 Å². The van der Waals surface area contributed by atoms with Gasteiger partial charge in [0.05, 0.1) is 14.6 Å². The van der Waals surface area contributed by atoms with Gasteiger partial charge in [-0.05, 0) is 50.8 Å². The number of nitrogens with zero attached hydrogens (tertiary/aromatic N) is 1. The van der Waals surface area contributed by atoms with Crippen molar-refractivity contribution in [2.45, 2.75) is 12.8 Å². The number of anilines is 1. The zero-order valence-electron chi connectivity index (χ0n) is 7.86. The lowest BCUT2D eigenvalue weighted by Crippen LogP contribution is -2.18. The monoisotopic (exact) mass is 339 g/mol. The van der Waals surface area contributed by atoms with Crippen molar-refractivity contribution in [3.63, 3.8) is 0 Å². The Hall–Kier alpha value is -0.160. The predicted molar refractivity (Wildman–Crippen MR) is 63.2 cm³/mol. The van der Waals surface area contributed by atoms with Crippen LogP contribution in [-0.4, -0.2) is 13.1 Å². The van der Waals surface area contributed by atoms with E-state index in [0.29, 0.717) is 10.2 Å². The van der Waals surface area contributed by atoms with Gasteiger partial charge in [-0.1, -0.05) is 0 Å². The molecular weight excluding hydrogens is 332 g/mol. The van der Waals surface area contributed by atoms with Crippen molar-refractivity contribution in [2.24, 2.45) is 0 Å². The minimum Gasteiger partial charge on any atom is -0.370 e. The summed E-state index contributed by atoms with van der Waals surface area (Å²) >= 11 is 6.04. The van der Waals surface area contributed by atoms with E-state index in [1.54, 1.807) is 0 Å². The van der Waals surface area contributed by atoms with Gasteiger partial charge in [0.15, 0.2) is 5.82 Å². The van der Waals surface area contributed by atoms with Gasteiger partial charge in [-0.2, -0.15) is 0 Å². The highest BCUT2D eigenvalue weighted by Crippen LogP contribution is 2.36. The van der Waals surface area contributed by atoms with E-state index in [0.717, 1.165) is 25.9 Å². The molecule has 1 aliphatic rings. The second-order valence-corrected chi connectivity index (χ2v) is 5.10. The molecule has 82 valence electrons. The van der Waals surface area contributed by atoms with E-state index in [-0.39, 0.29) is 4.47 Å².